The van der Waals surface area contributed by atoms with Crippen LogP contribution in [0.5, 0.6) is 23.0 Å². The average molecular weight is 882 g/mol. The number of ether oxygens (including phenoxy) is 5. The van der Waals surface area contributed by atoms with Crippen LogP contribution in [0.4, 0.5) is 11.4 Å². The van der Waals surface area contributed by atoms with Crippen LogP contribution in [0.25, 0.3) is 11.8 Å². The molecule has 1 aliphatic rings. The number of carbonyl (C=O) groups is 6. The number of esters is 3. The van der Waals surface area contributed by atoms with Crippen molar-refractivity contribution in [2.24, 2.45) is 10.2 Å². The van der Waals surface area contributed by atoms with E-state index in [4.69, 9.17) is 23.7 Å². The molecule has 6 aromatic carbocycles. The van der Waals surface area contributed by atoms with Crippen LogP contribution >= 0.6 is 0 Å². The predicted molar refractivity (Wildman–Crippen MR) is 243 cm³/mol. The maximum Gasteiger partial charge on any atom is 0.343 e. The summed E-state index contributed by atoms with van der Waals surface area (Å²) in [5, 5.41) is 8.44. The highest BCUT2D eigenvalue weighted by Gasteiger charge is 2.23. The van der Waals surface area contributed by atoms with Gasteiger partial charge in [-0.1, -0.05) is 55.1 Å². The van der Waals surface area contributed by atoms with Gasteiger partial charge in [0.2, 0.25) is 0 Å². The zero-order chi connectivity index (χ0) is 46.3. The monoisotopic (exact) mass is 881 g/mol. The summed E-state index contributed by atoms with van der Waals surface area (Å²) in [4.78, 5) is 75.0. The largest absolute Gasteiger partial charge is 0.493 e. The maximum atomic E-state index is 12.8. The number of hydrogen-bond donors (Lipinski definition) is 0. The average Bonchev–Trinajstić information content (AvgIpc) is 3.66. The third-order valence-electron chi connectivity index (χ3n) is 9.57. The van der Waals surface area contributed by atoms with Crippen LogP contribution in [0.1, 0.15) is 48.6 Å². The number of imide groups is 1. The summed E-state index contributed by atoms with van der Waals surface area (Å²) in [6.07, 6.45) is 5.52. The number of allylic oxidation sites excluding steroid dienone is 1. The molecule has 0 radical (unpaired) electrons. The number of benzene rings is 6. The number of azo groups is 1. The van der Waals surface area contributed by atoms with Gasteiger partial charge in [-0.05, 0) is 121 Å². The molecule has 6 aromatic rings. The van der Waals surface area contributed by atoms with Crippen molar-refractivity contribution < 1.29 is 52.5 Å². The molecule has 0 unspecified atom stereocenters. The lowest BCUT2D eigenvalue weighted by Gasteiger charge is -2.14. The first-order valence-electron chi connectivity index (χ1n) is 20.4. The first kappa shape index (κ1) is 45.0. The van der Waals surface area contributed by atoms with E-state index in [0.717, 1.165) is 10.5 Å². The zero-order valence-corrected chi connectivity index (χ0v) is 35.1. The standard InChI is InChI=1S/C52H39N3O11/c1-35(37-5-3-2-4-6-37)64-50(59)31-33-62-44-26-18-42(19-27-44)54-53-41-16-10-39(11-17-41)51(60)66-46-24-14-40(15-25-46)52(61)65-45-20-7-36(8-21-45)9-28-47(56)38-12-22-43(23-13-38)63-34-32-55-48(57)29-30-49(55)58/h2-30H,1,31-34H2/b28-9+,54-53?. The molecule has 0 aromatic heterocycles. The van der Waals surface area contributed by atoms with Gasteiger partial charge in [-0.3, -0.25) is 24.1 Å². The normalized spacial score (nSPS) is 12.0. The van der Waals surface area contributed by atoms with Gasteiger partial charge in [0.05, 0.1) is 42.1 Å². The summed E-state index contributed by atoms with van der Waals surface area (Å²) < 4.78 is 27.5. The van der Waals surface area contributed by atoms with Crippen LogP contribution in [-0.4, -0.2) is 60.2 Å². The van der Waals surface area contributed by atoms with Crippen LogP contribution in [-0.2, 0) is 19.1 Å². The Bertz CT molecular complexity index is 2800. The molecule has 0 aliphatic carbocycles. The Hall–Kier alpha value is -9.04. The van der Waals surface area contributed by atoms with E-state index in [9.17, 15) is 28.8 Å². The molecule has 328 valence electrons. The van der Waals surface area contributed by atoms with Crippen LogP contribution in [0.2, 0.25) is 0 Å². The van der Waals surface area contributed by atoms with E-state index in [1.54, 1.807) is 115 Å². The van der Waals surface area contributed by atoms with Gasteiger partial charge in [-0.15, -0.1) is 0 Å². The first-order chi connectivity index (χ1) is 32.1. The summed E-state index contributed by atoms with van der Waals surface area (Å²) in [5.41, 5.74) is 3.43. The lowest BCUT2D eigenvalue weighted by Crippen LogP contribution is -2.33. The van der Waals surface area contributed by atoms with E-state index in [0.29, 0.717) is 34.0 Å². The smallest absolute Gasteiger partial charge is 0.343 e. The van der Waals surface area contributed by atoms with Gasteiger partial charge in [0.25, 0.3) is 11.8 Å². The Morgan fingerprint density at radius 2 is 1.00 bits per heavy atom. The third-order valence-corrected chi connectivity index (χ3v) is 9.57. The van der Waals surface area contributed by atoms with Gasteiger partial charge in [0, 0.05) is 23.3 Å². The molecule has 14 nitrogen and oxygen atoms in total. The number of amides is 2. The lowest BCUT2D eigenvalue weighted by molar-refractivity contribution is -0.138. The Balaban J connectivity index is 0.806. The molecular formula is C52H39N3O11. The van der Waals surface area contributed by atoms with Crippen molar-refractivity contribution in [3.8, 4) is 23.0 Å². The maximum absolute atomic E-state index is 12.8. The quantitative estimate of drug-likeness (QED) is 0.0144. The van der Waals surface area contributed by atoms with E-state index < -0.39 is 17.9 Å². The highest BCUT2D eigenvalue weighted by Crippen LogP contribution is 2.24. The number of carbonyl (C=O) groups excluding carboxylic acids is 6. The Morgan fingerprint density at radius 3 is 1.58 bits per heavy atom. The topological polar surface area (TPSA) is 177 Å². The van der Waals surface area contributed by atoms with Crippen LogP contribution in [0.3, 0.4) is 0 Å². The fourth-order valence-corrected chi connectivity index (χ4v) is 6.04. The van der Waals surface area contributed by atoms with Gasteiger partial charge < -0.3 is 23.7 Å². The summed E-state index contributed by atoms with van der Waals surface area (Å²) in [6, 6.07) is 41.3. The molecule has 0 saturated heterocycles. The van der Waals surface area contributed by atoms with E-state index in [1.807, 2.05) is 18.2 Å². The molecule has 0 saturated carbocycles. The minimum atomic E-state index is -0.621. The van der Waals surface area contributed by atoms with Gasteiger partial charge in [-0.2, -0.15) is 10.2 Å². The second-order valence-electron chi connectivity index (χ2n) is 14.2. The minimum Gasteiger partial charge on any atom is -0.493 e. The highest BCUT2D eigenvalue weighted by molar-refractivity contribution is 6.12. The van der Waals surface area contributed by atoms with E-state index in [1.165, 1.54) is 42.5 Å². The molecule has 0 N–H and O–H groups in total. The van der Waals surface area contributed by atoms with E-state index >= 15 is 0 Å². The summed E-state index contributed by atoms with van der Waals surface area (Å²) in [7, 11) is 0. The molecule has 14 heteroatoms. The van der Waals surface area contributed by atoms with Gasteiger partial charge in [0.1, 0.15) is 35.4 Å². The molecule has 0 fully saturated rings. The first-order valence-corrected chi connectivity index (χ1v) is 20.4. The molecule has 7 rings (SSSR count). The second kappa shape index (κ2) is 21.8. The van der Waals surface area contributed by atoms with Crippen molar-refractivity contribution in [3.05, 3.63) is 204 Å². The SMILES string of the molecule is C=C(OC(=O)CCOc1ccc(N=Nc2ccc(C(=O)Oc3ccc(C(=O)Oc4ccc(/C=C/C(=O)c5ccc(OCCN6C(=O)C=CC6=O)cc5)cc4)cc3)cc2)cc1)c1ccccc1. The van der Waals surface area contributed by atoms with Crippen molar-refractivity contribution >= 4 is 58.7 Å². The molecule has 1 heterocycles. The van der Waals surface area contributed by atoms with Crippen molar-refractivity contribution in [1.29, 1.82) is 0 Å². The molecule has 0 bridgehead atoms. The Morgan fingerprint density at radius 1 is 0.530 bits per heavy atom. The van der Waals surface area contributed by atoms with Gasteiger partial charge in [-0.25, -0.2) is 9.59 Å². The summed E-state index contributed by atoms with van der Waals surface area (Å²) >= 11 is 0. The van der Waals surface area contributed by atoms with Crippen molar-refractivity contribution in [2.75, 3.05) is 19.8 Å². The minimum absolute atomic E-state index is 0.0433. The van der Waals surface area contributed by atoms with Gasteiger partial charge >= 0.3 is 17.9 Å². The summed E-state index contributed by atoms with van der Waals surface area (Å²) in [6.45, 7) is 4.15. The number of ketones is 1. The molecule has 0 atom stereocenters. The number of hydrogen-bond acceptors (Lipinski definition) is 13. The van der Waals surface area contributed by atoms with Crippen LogP contribution in [0, 0.1) is 0 Å². The zero-order valence-electron chi connectivity index (χ0n) is 35.1. The fourth-order valence-electron chi connectivity index (χ4n) is 6.04. The third kappa shape index (κ3) is 12.8. The Labute approximate surface area is 378 Å². The molecule has 0 spiro atoms. The summed E-state index contributed by atoms with van der Waals surface area (Å²) in [5.74, 6) is -0.855. The molecular weight excluding hydrogens is 843 g/mol. The highest BCUT2D eigenvalue weighted by atomic mass is 16.5. The van der Waals surface area contributed by atoms with Crippen LogP contribution in [0.15, 0.2) is 187 Å². The van der Waals surface area contributed by atoms with Crippen LogP contribution < -0.4 is 18.9 Å². The van der Waals surface area contributed by atoms with E-state index in [2.05, 4.69) is 16.8 Å². The van der Waals surface area contributed by atoms with Crippen molar-refractivity contribution in [3.63, 3.8) is 0 Å². The number of nitrogens with zero attached hydrogens (tertiary/aromatic N) is 3. The predicted octanol–water partition coefficient (Wildman–Crippen LogP) is 9.72. The fraction of sp³-hybridized carbons (Fsp3) is 0.0769. The molecule has 66 heavy (non-hydrogen) atoms. The van der Waals surface area contributed by atoms with Gasteiger partial charge in [0.15, 0.2) is 5.78 Å². The van der Waals surface area contributed by atoms with Crippen molar-refractivity contribution in [2.45, 2.75) is 6.42 Å². The van der Waals surface area contributed by atoms with Crippen molar-refractivity contribution in [1.82, 2.24) is 4.90 Å². The van der Waals surface area contributed by atoms with E-state index in [-0.39, 0.29) is 72.2 Å². The molecule has 1 aliphatic heterocycles. The Kier molecular flexibility index (Phi) is 14.9. The number of rotatable bonds is 19. The second-order valence-corrected chi connectivity index (χ2v) is 14.2. The lowest BCUT2D eigenvalue weighted by atomic mass is 10.1. The molecule has 2 amide bonds.